The Bertz CT molecular complexity index is 476. The van der Waals surface area contributed by atoms with Gasteiger partial charge in [-0.3, -0.25) is 0 Å². The molecule has 0 unspecified atom stereocenters. The lowest BCUT2D eigenvalue weighted by molar-refractivity contribution is -0.137. The molecule has 2 rings (SSSR count). The number of hydrogen-bond acceptors (Lipinski definition) is 2. The highest BCUT2D eigenvalue weighted by molar-refractivity contribution is 6.31. The zero-order valence-corrected chi connectivity index (χ0v) is 12.8. The summed E-state index contributed by atoms with van der Waals surface area (Å²) in [7, 11) is 0. The molecular formula is C14H18Cl2F3NO. The normalized spacial score (nSPS) is 19.1. The van der Waals surface area contributed by atoms with E-state index in [1.54, 1.807) is 0 Å². The van der Waals surface area contributed by atoms with Crippen LogP contribution in [-0.2, 0) is 6.18 Å². The Morgan fingerprint density at radius 2 is 1.81 bits per heavy atom. The van der Waals surface area contributed by atoms with Crippen molar-refractivity contribution in [3.05, 3.63) is 34.3 Å². The van der Waals surface area contributed by atoms with E-state index >= 15 is 0 Å². The summed E-state index contributed by atoms with van der Waals surface area (Å²) in [6.07, 6.45) is -1.30. The van der Waals surface area contributed by atoms with Gasteiger partial charge in [0, 0.05) is 0 Å². The minimum atomic E-state index is -4.48. The predicted molar refractivity (Wildman–Crippen MR) is 78.6 cm³/mol. The molecule has 1 fully saturated rings. The van der Waals surface area contributed by atoms with Crippen LogP contribution in [-0.4, -0.2) is 11.2 Å². The number of hydrogen-bond donors (Lipinski definition) is 2. The van der Waals surface area contributed by atoms with Gasteiger partial charge in [-0.15, -0.1) is 12.4 Å². The molecular weight excluding hydrogens is 326 g/mol. The fourth-order valence-corrected chi connectivity index (χ4v) is 3.05. The molecule has 0 heterocycles. The van der Waals surface area contributed by atoms with E-state index < -0.39 is 23.9 Å². The van der Waals surface area contributed by atoms with E-state index in [-0.39, 0.29) is 23.3 Å². The summed E-state index contributed by atoms with van der Waals surface area (Å²) in [5.41, 5.74) is 5.51. The molecule has 1 saturated carbocycles. The molecule has 1 aromatic carbocycles. The maximum absolute atomic E-state index is 12.6. The maximum atomic E-state index is 12.6. The van der Waals surface area contributed by atoms with Crippen molar-refractivity contribution in [2.45, 2.75) is 44.0 Å². The molecule has 21 heavy (non-hydrogen) atoms. The minimum Gasteiger partial charge on any atom is -0.391 e. The molecule has 0 aromatic heterocycles. The van der Waals surface area contributed by atoms with Crippen LogP contribution in [0.4, 0.5) is 13.2 Å². The van der Waals surface area contributed by atoms with Gasteiger partial charge in [0.2, 0.25) is 0 Å². The second-order valence-electron chi connectivity index (χ2n) is 5.30. The first-order chi connectivity index (χ1) is 9.30. The molecule has 2 atom stereocenters. The number of rotatable bonds is 3. The smallest absolute Gasteiger partial charge is 0.391 e. The highest BCUT2D eigenvalue weighted by atomic mass is 35.5. The van der Waals surface area contributed by atoms with E-state index in [1.807, 2.05) is 0 Å². The standard InChI is InChI=1S/C14H17ClF3NO.ClH/c15-11-7-9(5-6-10(11)14(16,17)18)12(19)13(20)8-3-1-2-4-8;/h5-8,12-13,20H,1-4,19H2;1H/t12-,13+;/m0./s1. The summed E-state index contributed by atoms with van der Waals surface area (Å²) in [6.45, 7) is 0. The number of aliphatic hydroxyl groups is 1. The summed E-state index contributed by atoms with van der Waals surface area (Å²) in [5, 5.41) is 9.82. The van der Waals surface area contributed by atoms with Gasteiger partial charge in [0.1, 0.15) is 0 Å². The highest BCUT2D eigenvalue weighted by Gasteiger charge is 2.34. The van der Waals surface area contributed by atoms with Gasteiger partial charge < -0.3 is 10.8 Å². The van der Waals surface area contributed by atoms with Gasteiger partial charge in [0.15, 0.2) is 0 Å². The SMILES string of the molecule is Cl.N[C@@H](c1ccc(C(F)(F)F)c(Cl)c1)[C@H](O)C1CCCC1. The summed E-state index contributed by atoms with van der Waals surface area (Å²) < 4.78 is 37.9. The van der Waals surface area contributed by atoms with Gasteiger partial charge >= 0.3 is 6.18 Å². The van der Waals surface area contributed by atoms with Crippen molar-refractivity contribution in [3.8, 4) is 0 Å². The molecule has 0 spiro atoms. The van der Waals surface area contributed by atoms with E-state index in [2.05, 4.69) is 0 Å². The third kappa shape index (κ3) is 4.25. The predicted octanol–water partition coefficient (Wildman–Crippen LogP) is 4.33. The fourth-order valence-electron chi connectivity index (χ4n) is 2.76. The van der Waals surface area contributed by atoms with Crippen molar-refractivity contribution < 1.29 is 18.3 Å². The van der Waals surface area contributed by atoms with Crippen LogP contribution >= 0.6 is 24.0 Å². The fraction of sp³-hybridized carbons (Fsp3) is 0.571. The molecule has 0 amide bonds. The number of nitrogens with two attached hydrogens (primary N) is 1. The van der Waals surface area contributed by atoms with Gasteiger partial charge in [0.25, 0.3) is 0 Å². The Kier molecular flexibility index (Phi) is 6.35. The van der Waals surface area contributed by atoms with Gasteiger partial charge in [-0.1, -0.05) is 30.5 Å². The van der Waals surface area contributed by atoms with Crippen LogP contribution in [0, 0.1) is 5.92 Å². The molecule has 120 valence electrons. The quantitative estimate of drug-likeness (QED) is 0.857. The zero-order valence-electron chi connectivity index (χ0n) is 11.2. The molecule has 2 nitrogen and oxygen atoms in total. The van der Waals surface area contributed by atoms with Crippen molar-refractivity contribution in [3.63, 3.8) is 0 Å². The largest absolute Gasteiger partial charge is 0.417 e. The van der Waals surface area contributed by atoms with E-state index in [0.717, 1.165) is 31.7 Å². The van der Waals surface area contributed by atoms with Gasteiger partial charge in [-0.05, 0) is 36.5 Å². The van der Waals surface area contributed by atoms with Crippen LogP contribution in [0.1, 0.15) is 42.9 Å². The molecule has 0 aliphatic heterocycles. The number of aliphatic hydroxyl groups excluding tert-OH is 1. The Morgan fingerprint density at radius 3 is 2.29 bits per heavy atom. The summed E-state index contributed by atoms with van der Waals surface area (Å²) in [5.74, 6) is 0.117. The molecule has 0 radical (unpaired) electrons. The number of benzene rings is 1. The van der Waals surface area contributed by atoms with Crippen LogP contribution in [0.25, 0.3) is 0 Å². The van der Waals surface area contributed by atoms with Gasteiger partial charge in [-0.25, -0.2) is 0 Å². The first-order valence-electron chi connectivity index (χ1n) is 6.61. The number of alkyl halides is 3. The van der Waals surface area contributed by atoms with Crippen LogP contribution in [0.15, 0.2) is 18.2 Å². The first kappa shape index (κ1) is 18.6. The Morgan fingerprint density at radius 1 is 1.24 bits per heavy atom. The number of halogens is 5. The molecule has 0 saturated heterocycles. The zero-order chi connectivity index (χ0) is 14.9. The third-order valence-corrected chi connectivity index (χ3v) is 4.25. The molecule has 1 aliphatic carbocycles. The van der Waals surface area contributed by atoms with Crippen LogP contribution in [0.5, 0.6) is 0 Å². The van der Waals surface area contributed by atoms with Crippen molar-refractivity contribution in [2.24, 2.45) is 11.7 Å². The third-order valence-electron chi connectivity index (χ3n) is 3.93. The monoisotopic (exact) mass is 343 g/mol. The van der Waals surface area contributed by atoms with Gasteiger partial charge in [-0.2, -0.15) is 13.2 Å². The molecule has 3 N–H and O–H groups in total. The molecule has 7 heteroatoms. The maximum Gasteiger partial charge on any atom is 0.417 e. The second kappa shape index (κ2) is 7.18. The Labute approximate surface area is 132 Å². The molecule has 0 bridgehead atoms. The lowest BCUT2D eigenvalue weighted by Crippen LogP contribution is -2.32. The van der Waals surface area contributed by atoms with Crippen LogP contribution < -0.4 is 5.73 Å². The topological polar surface area (TPSA) is 46.2 Å². The Hall–Kier alpha value is -0.490. The first-order valence-corrected chi connectivity index (χ1v) is 6.99. The lowest BCUT2D eigenvalue weighted by Gasteiger charge is -2.25. The van der Waals surface area contributed by atoms with Crippen LogP contribution in [0.3, 0.4) is 0 Å². The highest BCUT2D eigenvalue weighted by Crippen LogP contribution is 2.37. The average molecular weight is 344 g/mol. The Balaban J connectivity index is 0.00000220. The van der Waals surface area contributed by atoms with Crippen molar-refractivity contribution in [1.82, 2.24) is 0 Å². The van der Waals surface area contributed by atoms with Crippen LogP contribution in [0.2, 0.25) is 5.02 Å². The van der Waals surface area contributed by atoms with E-state index in [9.17, 15) is 18.3 Å². The molecule has 1 aliphatic rings. The lowest BCUT2D eigenvalue weighted by atomic mass is 9.90. The van der Waals surface area contributed by atoms with E-state index in [4.69, 9.17) is 17.3 Å². The van der Waals surface area contributed by atoms with E-state index in [1.165, 1.54) is 12.1 Å². The summed E-state index contributed by atoms with van der Waals surface area (Å²) >= 11 is 5.67. The minimum absolute atomic E-state index is 0. The second-order valence-corrected chi connectivity index (χ2v) is 5.71. The average Bonchev–Trinajstić information content (AvgIpc) is 2.89. The van der Waals surface area contributed by atoms with E-state index in [0.29, 0.717) is 5.56 Å². The summed E-state index contributed by atoms with van der Waals surface area (Å²) in [4.78, 5) is 0. The van der Waals surface area contributed by atoms with Crippen molar-refractivity contribution in [1.29, 1.82) is 0 Å². The summed E-state index contributed by atoms with van der Waals surface area (Å²) in [6, 6.07) is 2.70. The van der Waals surface area contributed by atoms with Crippen molar-refractivity contribution in [2.75, 3.05) is 0 Å². The van der Waals surface area contributed by atoms with Gasteiger partial charge in [0.05, 0.1) is 22.7 Å². The van der Waals surface area contributed by atoms with Crippen molar-refractivity contribution >= 4 is 24.0 Å². The molecule has 1 aromatic rings.